The number of carbonyl (C=O) groups is 1. The maximum atomic E-state index is 13.2. The molecule has 4 aromatic rings. The highest BCUT2D eigenvalue weighted by molar-refractivity contribution is 5.97. The highest BCUT2D eigenvalue weighted by atomic mass is 19.4. The van der Waals surface area contributed by atoms with Gasteiger partial charge >= 0.3 is 17.8 Å². The van der Waals surface area contributed by atoms with E-state index < -0.39 is 23.3 Å². The van der Waals surface area contributed by atoms with Gasteiger partial charge in [0.15, 0.2) is 0 Å². The van der Waals surface area contributed by atoms with Gasteiger partial charge in [-0.3, -0.25) is 0 Å². The number of benzene rings is 2. The van der Waals surface area contributed by atoms with Crippen molar-refractivity contribution in [3.05, 3.63) is 75.3 Å². The zero-order valence-electron chi connectivity index (χ0n) is 17.0. The highest BCUT2D eigenvalue weighted by Gasteiger charge is 2.34. The minimum atomic E-state index is -4.71. The number of aromatic amines is 1. The number of halogens is 3. The van der Waals surface area contributed by atoms with E-state index in [1.54, 1.807) is 12.1 Å². The Kier molecular flexibility index (Phi) is 4.62. The van der Waals surface area contributed by atoms with Crippen molar-refractivity contribution in [3.8, 4) is 5.75 Å². The Morgan fingerprint density at radius 2 is 1.94 bits per heavy atom. The lowest BCUT2D eigenvalue weighted by molar-refractivity contribution is -0.136. The van der Waals surface area contributed by atoms with Crippen LogP contribution in [0.1, 0.15) is 40.5 Å². The van der Waals surface area contributed by atoms with Crippen LogP contribution in [0.5, 0.6) is 5.75 Å². The summed E-state index contributed by atoms with van der Waals surface area (Å²) >= 11 is 0. The van der Waals surface area contributed by atoms with Crippen LogP contribution in [0.2, 0.25) is 0 Å². The molecule has 0 amide bonds. The van der Waals surface area contributed by atoms with E-state index >= 15 is 0 Å². The number of hydrogen-bond donors (Lipinski definition) is 1. The molecule has 0 bridgehead atoms. The number of alkyl halides is 3. The molecule has 164 valence electrons. The lowest BCUT2D eigenvalue weighted by Crippen LogP contribution is -2.12. The number of hydrogen-bond acceptors (Lipinski definition) is 4. The van der Waals surface area contributed by atoms with Gasteiger partial charge in [0.25, 0.3) is 0 Å². The summed E-state index contributed by atoms with van der Waals surface area (Å²) in [6, 6.07) is 9.12. The van der Waals surface area contributed by atoms with Gasteiger partial charge in [0.1, 0.15) is 11.3 Å². The number of fused-ring (bicyclic) bond motifs is 4. The van der Waals surface area contributed by atoms with Crippen LogP contribution in [0.4, 0.5) is 13.2 Å². The monoisotopic (exact) mass is 441 g/mol. The van der Waals surface area contributed by atoms with Crippen molar-refractivity contribution in [2.45, 2.75) is 32.4 Å². The molecule has 0 saturated carbocycles. The summed E-state index contributed by atoms with van der Waals surface area (Å²) in [5.74, 6) is -0.111. The van der Waals surface area contributed by atoms with E-state index in [2.05, 4.69) is 11.9 Å². The maximum Gasteiger partial charge on any atom is 0.417 e. The highest BCUT2D eigenvalue weighted by Crippen LogP contribution is 2.35. The SMILES string of the molecule is CC1CCc2[nH]c3ccc(C(=O)Oc4ccc5c(C(F)(F)F)cc(=O)oc5c4)cc3c2C1. The Morgan fingerprint density at radius 1 is 1.12 bits per heavy atom. The number of H-pyrrole nitrogens is 1. The summed E-state index contributed by atoms with van der Waals surface area (Å²) in [6.45, 7) is 2.20. The first-order chi connectivity index (χ1) is 15.2. The number of aromatic nitrogens is 1. The first kappa shape index (κ1) is 20.4. The molecular formula is C24H18F3NO4. The van der Waals surface area contributed by atoms with E-state index in [4.69, 9.17) is 9.15 Å². The Hall–Kier alpha value is -3.55. The third kappa shape index (κ3) is 3.55. The topological polar surface area (TPSA) is 72.3 Å². The number of nitrogens with one attached hydrogen (secondary N) is 1. The number of esters is 1. The second-order valence-electron chi connectivity index (χ2n) is 8.21. The van der Waals surface area contributed by atoms with Gasteiger partial charge < -0.3 is 14.1 Å². The van der Waals surface area contributed by atoms with Crippen LogP contribution in [-0.4, -0.2) is 11.0 Å². The lowest BCUT2D eigenvalue weighted by Gasteiger charge is -2.18. The van der Waals surface area contributed by atoms with Gasteiger partial charge in [0.05, 0.1) is 11.1 Å². The van der Waals surface area contributed by atoms with Gasteiger partial charge in [-0.25, -0.2) is 9.59 Å². The second kappa shape index (κ2) is 7.25. The summed E-state index contributed by atoms with van der Waals surface area (Å²) in [5, 5.41) is 0.687. The second-order valence-corrected chi connectivity index (χ2v) is 8.21. The standard InChI is InChI=1S/C24H18F3NO4/c1-12-2-6-19-16(8-12)17-9-13(3-7-20(17)28-19)23(30)31-14-4-5-15-18(24(25,26)27)11-22(29)32-21(15)10-14/h3-5,7,9-12,28H,2,6,8H2,1H3. The summed E-state index contributed by atoms with van der Waals surface area (Å²) in [7, 11) is 0. The van der Waals surface area contributed by atoms with Crippen LogP contribution in [-0.2, 0) is 19.0 Å². The minimum Gasteiger partial charge on any atom is -0.423 e. The predicted molar refractivity (Wildman–Crippen MR) is 112 cm³/mol. The van der Waals surface area contributed by atoms with Crippen LogP contribution >= 0.6 is 0 Å². The van der Waals surface area contributed by atoms with Gasteiger partial charge in [-0.2, -0.15) is 13.2 Å². The molecule has 1 aliphatic carbocycles. The van der Waals surface area contributed by atoms with Crippen LogP contribution in [0.15, 0.2) is 51.7 Å². The van der Waals surface area contributed by atoms with Crippen LogP contribution in [0, 0.1) is 5.92 Å². The third-order valence-electron chi connectivity index (χ3n) is 5.90. The van der Waals surface area contributed by atoms with E-state index in [1.807, 2.05) is 6.07 Å². The molecule has 5 nitrogen and oxygen atoms in total. The van der Waals surface area contributed by atoms with Crippen molar-refractivity contribution in [1.82, 2.24) is 4.98 Å². The largest absolute Gasteiger partial charge is 0.423 e. The number of carbonyl (C=O) groups excluding carboxylic acids is 1. The smallest absolute Gasteiger partial charge is 0.417 e. The van der Waals surface area contributed by atoms with Crippen LogP contribution in [0.3, 0.4) is 0 Å². The summed E-state index contributed by atoms with van der Waals surface area (Å²) in [6.07, 6.45) is -1.70. The van der Waals surface area contributed by atoms with Gasteiger partial charge in [0.2, 0.25) is 0 Å². The molecule has 2 aromatic heterocycles. The van der Waals surface area contributed by atoms with Crippen molar-refractivity contribution in [2.24, 2.45) is 5.92 Å². The quantitative estimate of drug-likeness (QED) is 0.248. The van der Waals surface area contributed by atoms with E-state index in [1.165, 1.54) is 17.3 Å². The third-order valence-corrected chi connectivity index (χ3v) is 5.90. The molecular weight excluding hydrogens is 423 g/mol. The molecule has 0 spiro atoms. The molecule has 1 aliphatic rings. The maximum absolute atomic E-state index is 13.2. The van der Waals surface area contributed by atoms with E-state index in [-0.39, 0.29) is 16.7 Å². The fourth-order valence-electron chi connectivity index (χ4n) is 4.33. The first-order valence-corrected chi connectivity index (χ1v) is 10.2. The molecule has 5 rings (SSSR count). The zero-order valence-corrected chi connectivity index (χ0v) is 17.0. The Labute approximate surface area is 179 Å². The Balaban J connectivity index is 1.48. The van der Waals surface area contributed by atoms with Gasteiger partial charge in [-0.1, -0.05) is 6.92 Å². The van der Waals surface area contributed by atoms with Crippen molar-refractivity contribution in [1.29, 1.82) is 0 Å². The fourth-order valence-corrected chi connectivity index (χ4v) is 4.33. The van der Waals surface area contributed by atoms with Gasteiger partial charge in [0, 0.05) is 34.1 Å². The van der Waals surface area contributed by atoms with Gasteiger partial charge in [-0.15, -0.1) is 0 Å². The molecule has 8 heteroatoms. The molecule has 2 heterocycles. The predicted octanol–water partition coefficient (Wildman–Crippen LogP) is 5.64. The first-order valence-electron chi connectivity index (χ1n) is 10.2. The van der Waals surface area contributed by atoms with Crippen molar-refractivity contribution < 1.29 is 27.1 Å². The van der Waals surface area contributed by atoms with E-state index in [0.717, 1.165) is 42.3 Å². The Morgan fingerprint density at radius 3 is 2.72 bits per heavy atom. The summed E-state index contributed by atoms with van der Waals surface area (Å²) in [4.78, 5) is 27.7. The van der Waals surface area contributed by atoms with E-state index in [9.17, 15) is 22.8 Å². The molecule has 32 heavy (non-hydrogen) atoms. The molecule has 0 aliphatic heterocycles. The summed E-state index contributed by atoms with van der Waals surface area (Å²) < 4.78 is 49.9. The average molecular weight is 441 g/mol. The molecule has 1 atom stereocenters. The molecule has 0 saturated heterocycles. The molecule has 0 radical (unpaired) electrons. The zero-order chi connectivity index (χ0) is 22.6. The van der Waals surface area contributed by atoms with Crippen molar-refractivity contribution >= 4 is 27.8 Å². The molecule has 0 fully saturated rings. The molecule has 1 N–H and O–H groups in total. The van der Waals surface area contributed by atoms with Gasteiger partial charge in [-0.05, 0) is 61.1 Å². The number of aryl methyl sites for hydroxylation is 1. The summed E-state index contributed by atoms with van der Waals surface area (Å²) in [5.41, 5.74) is 1.13. The van der Waals surface area contributed by atoms with Crippen LogP contribution in [0.25, 0.3) is 21.9 Å². The van der Waals surface area contributed by atoms with Crippen molar-refractivity contribution in [2.75, 3.05) is 0 Å². The molecule has 2 aromatic carbocycles. The average Bonchev–Trinajstić information content (AvgIpc) is 3.09. The van der Waals surface area contributed by atoms with E-state index in [0.29, 0.717) is 17.5 Å². The normalized spacial score (nSPS) is 16.3. The minimum absolute atomic E-state index is 0.0187. The lowest BCUT2D eigenvalue weighted by atomic mass is 9.87. The Bertz CT molecular complexity index is 1430. The van der Waals surface area contributed by atoms with Crippen LogP contribution < -0.4 is 10.4 Å². The fraction of sp³-hybridized carbons (Fsp3) is 0.250. The van der Waals surface area contributed by atoms with Crippen molar-refractivity contribution in [3.63, 3.8) is 0 Å². The molecule has 1 unspecified atom stereocenters. The number of rotatable bonds is 2. The number of ether oxygens (including phenoxy) is 1.